The molecule has 2 fully saturated rings. The van der Waals surface area contributed by atoms with Gasteiger partial charge in [0.15, 0.2) is 0 Å². The van der Waals surface area contributed by atoms with Crippen molar-refractivity contribution in [3.05, 3.63) is 46.0 Å². The molecule has 0 aliphatic carbocycles. The Morgan fingerprint density at radius 2 is 1.83 bits per heavy atom. The zero-order chi connectivity index (χ0) is 21.1. The molecule has 1 aromatic heterocycles. The lowest BCUT2D eigenvalue weighted by Gasteiger charge is -2.34. The average Bonchev–Trinajstić information content (AvgIpc) is 2.74. The van der Waals surface area contributed by atoms with E-state index in [1.165, 1.54) is 5.56 Å². The lowest BCUT2D eigenvalue weighted by atomic mass is 9.90. The molecule has 0 bridgehead atoms. The Morgan fingerprint density at radius 3 is 2.50 bits per heavy atom. The zero-order valence-corrected chi connectivity index (χ0v) is 17.5. The Labute approximate surface area is 177 Å². The minimum atomic E-state index is -0.445. The summed E-state index contributed by atoms with van der Waals surface area (Å²) < 4.78 is 0. The normalized spacial score (nSPS) is 20.4. The highest BCUT2D eigenvalue weighted by molar-refractivity contribution is 5.71. The first-order valence-corrected chi connectivity index (χ1v) is 10.9. The van der Waals surface area contributed by atoms with Gasteiger partial charge in [0, 0.05) is 26.2 Å². The first-order valence-electron chi connectivity index (χ1n) is 10.9. The van der Waals surface area contributed by atoms with Crippen molar-refractivity contribution >= 4 is 23.3 Å². The third-order valence-corrected chi connectivity index (χ3v) is 6.28. The van der Waals surface area contributed by atoms with E-state index < -0.39 is 4.92 Å². The number of benzene rings is 1. The van der Waals surface area contributed by atoms with Crippen LogP contribution in [0.2, 0.25) is 0 Å². The van der Waals surface area contributed by atoms with Crippen LogP contribution in [-0.2, 0) is 6.42 Å². The quantitative estimate of drug-likeness (QED) is 0.593. The Bertz CT molecular complexity index is 883. The van der Waals surface area contributed by atoms with E-state index in [0.29, 0.717) is 23.6 Å². The number of piperidine rings is 2. The Balaban J connectivity index is 1.51. The predicted molar refractivity (Wildman–Crippen MR) is 119 cm³/mol. The average molecular weight is 411 g/mol. The molecular weight excluding hydrogens is 380 g/mol. The van der Waals surface area contributed by atoms with E-state index in [1.54, 1.807) is 0 Å². The Kier molecular flexibility index (Phi) is 6.01. The molecule has 8 heteroatoms. The summed E-state index contributed by atoms with van der Waals surface area (Å²) in [5.41, 5.74) is 7.26. The summed E-state index contributed by atoms with van der Waals surface area (Å²) in [6, 6.07) is 10.6. The van der Waals surface area contributed by atoms with Crippen molar-refractivity contribution in [2.75, 3.05) is 41.7 Å². The van der Waals surface area contributed by atoms with Crippen molar-refractivity contribution in [2.24, 2.45) is 11.8 Å². The van der Waals surface area contributed by atoms with Gasteiger partial charge in [-0.3, -0.25) is 10.1 Å². The molecule has 3 heterocycles. The number of nitrogens with two attached hydrogens (primary N) is 1. The van der Waals surface area contributed by atoms with E-state index in [1.807, 2.05) is 11.0 Å². The van der Waals surface area contributed by atoms with Gasteiger partial charge in [0.25, 0.3) is 0 Å². The standard InChI is InChI=1S/C22H30N6O2/c1-16-6-5-11-27(15-16)21-19(28(29)30)20(23)24-22(25-21)26-12-9-18(10-13-26)14-17-7-3-2-4-8-17/h2-4,7-8,16,18H,5-6,9-15H2,1H3,(H2,23,24,25)/t16-/m1/s1. The fourth-order valence-electron chi connectivity index (χ4n) is 4.65. The molecule has 2 aliphatic rings. The molecule has 1 aromatic carbocycles. The van der Waals surface area contributed by atoms with Crippen LogP contribution in [0.15, 0.2) is 30.3 Å². The maximum atomic E-state index is 11.7. The molecule has 0 unspecified atom stereocenters. The zero-order valence-electron chi connectivity index (χ0n) is 17.5. The van der Waals surface area contributed by atoms with Gasteiger partial charge in [-0.1, -0.05) is 37.3 Å². The van der Waals surface area contributed by atoms with Crippen molar-refractivity contribution in [1.82, 2.24) is 9.97 Å². The summed E-state index contributed by atoms with van der Waals surface area (Å²) in [6.07, 6.45) is 5.31. The molecule has 8 nitrogen and oxygen atoms in total. The summed E-state index contributed by atoms with van der Waals surface area (Å²) in [7, 11) is 0. The number of rotatable bonds is 5. The van der Waals surface area contributed by atoms with Crippen LogP contribution in [0.1, 0.15) is 38.2 Å². The Morgan fingerprint density at radius 1 is 1.10 bits per heavy atom. The van der Waals surface area contributed by atoms with Crippen LogP contribution < -0.4 is 15.5 Å². The second-order valence-corrected chi connectivity index (χ2v) is 8.65. The largest absolute Gasteiger partial charge is 0.378 e. The van der Waals surface area contributed by atoms with Crippen LogP contribution in [0.4, 0.5) is 23.3 Å². The molecule has 2 aliphatic heterocycles. The molecule has 1 atom stereocenters. The molecule has 4 rings (SSSR count). The van der Waals surface area contributed by atoms with E-state index >= 15 is 0 Å². The molecule has 0 saturated carbocycles. The van der Waals surface area contributed by atoms with E-state index in [9.17, 15) is 10.1 Å². The SMILES string of the molecule is C[C@@H]1CCCN(c2nc(N3CCC(Cc4ccccc4)CC3)nc(N)c2[N+](=O)[O-])C1. The summed E-state index contributed by atoms with van der Waals surface area (Å²) >= 11 is 0. The van der Waals surface area contributed by atoms with Gasteiger partial charge in [-0.2, -0.15) is 9.97 Å². The monoisotopic (exact) mass is 410 g/mol. The smallest absolute Gasteiger partial charge is 0.353 e. The summed E-state index contributed by atoms with van der Waals surface area (Å²) in [6.45, 7) is 5.37. The van der Waals surface area contributed by atoms with Crippen LogP contribution in [0.5, 0.6) is 0 Å². The van der Waals surface area contributed by atoms with Crippen molar-refractivity contribution in [2.45, 2.75) is 39.0 Å². The van der Waals surface area contributed by atoms with Crippen molar-refractivity contribution in [3.8, 4) is 0 Å². The first-order chi connectivity index (χ1) is 14.5. The molecule has 0 amide bonds. The summed E-state index contributed by atoms with van der Waals surface area (Å²) in [5, 5.41) is 11.7. The third kappa shape index (κ3) is 4.47. The number of anilines is 3. The van der Waals surface area contributed by atoms with E-state index in [2.05, 4.69) is 46.1 Å². The van der Waals surface area contributed by atoms with Gasteiger partial charge in [-0.25, -0.2) is 0 Å². The minimum Gasteiger partial charge on any atom is -0.378 e. The molecule has 30 heavy (non-hydrogen) atoms. The van der Waals surface area contributed by atoms with Crippen molar-refractivity contribution < 1.29 is 4.92 Å². The highest BCUT2D eigenvalue weighted by Crippen LogP contribution is 2.36. The highest BCUT2D eigenvalue weighted by Gasteiger charge is 2.31. The van der Waals surface area contributed by atoms with Crippen LogP contribution in [0.3, 0.4) is 0 Å². The number of nitrogens with zero attached hydrogens (tertiary/aromatic N) is 5. The third-order valence-electron chi connectivity index (χ3n) is 6.28. The summed E-state index contributed by atoms with van der Waals surface area (Å²) in [5.74, 6) is 1.96. The lowest BCUT2D eigenvalue weighted by molar-refractivity contribution is -0.383. The second kappa shape index (κ2) is 8.85. The maximum absolute atomic E-state index is 11.7. The maximum Gasteiger partial charge on any atom is 0.353 e. The predicted octanol–water partition coefficient (Wildman–Crippen LogP) is 3.66. The van der Waals surface area contributed by atoms with Gasteiger partial charge < -0.3 is 15.5 Å². The van der Waals surface area contributed by atoms with E-state index in [4.69, 9.17) is 5.73 Å². The lowest BCUT2D eigenvalue weighted by Crippen LogP contribution is -2.38. The molecular formula is C22H30N6O2. The topological polar surface area (TPSA) is 101 Å². The number of hydrogen-bond acceptors (Lipinski definition) is 7. The molecule has 2 N–H and O–H groups in total. The van der Waals surface area contributed by atoms with Crippen LogP contribution in [0, 0.1) is 22.0 Å². The van der Waals surface area contributed by atoms with E-state index in [-0.39, 0.29) is 11.5 Å². The number of nitrogen functional groups attached to an aromatic ring is 1. The second-order valence-electron chi connectivity index (χ2n) is 8.65. The van der Waals surface area contributed by atoms with Gasteiger partial charge >= 0.3 is 5.69 Å². The molecule has 2 aromatic rings. The minimum absolute atomic E-state index is 0.0374. The first kappa shape index (κ1) is 20.4. The molecule has 2 saturated heterocycles. The number of nitro groups is 1. The highest BCUT2D eigenvalue weighted by atomic mass is 16.6. The molecule has 0 spiro atoms. The number of aromatic nitrogens is 2. The fraction of sp³-hybridized carbons (Fsp3) is 0.545. The number of hydrogen-bond donors (Lipinski definition) is 1. The fourth-order valence-corrected chi connectivity index (χ4v) is 4.65. The van der Waals surface area contributed by atoms with Gasteiger partial charge in [0.05, 0.1) is 4.92 Å². The molecule has 0 radical (unpaired) electrons. The van der Waals surface area contributed by atoms with Crippen molar-refractivity contribution in [3.63, 3.8) is 0 Å². The van der Waals surface area contributed by atoms with Gasteiger partial charge in [-0.15, -0.1) is 0 Å². The van der Waals surface area contributed by atoms with Crippen LogP contribution in [-0.4, -0.2) is 41.1 Å². The Hall–Kier alpha value is -2.90. The van der Waals surface area contributed by atoms with Gasteiger partial charge in [0.1, 0.15) is 0 Å². The summed E-state index contributed by atoms with van der Waals surface area (Å²) in [4.78, 5) is 24.4. The van der Waals surface area contributed by atoms with Crippen LogP contribution >= 0.6 is 0 Å². The van der Waals surface area contributed by atoms with E-state index in [0.717, 1.165) is 58.3 Å². The van der Waals surface area contributed by atoms with Crippen molar-refractivity contribution in [1.29, 1.82) is 0 Å². The van der Waals surface area contributed by atoms with Gasteiger partial charge in [-0.05, 0) is 49.5 Å². The van der Waals surface area contributed by atoms with Gasteiger partial charge in [0.2, 0.25) is 17.6 Å². The van der Waals surface area contributed by atoms with Crippen LogP contribution in [0.25, 0.3) is 0 Å². The molecule has 160 valence electrons.